The average molecular weight is 283 g/mol. The molecule has 5 nitrogen and oxygen atoms in total. The Morgan fingerprint density at radius 1 is 1.05 bits per heavy atom. The quantitative estimate of drug-likeness (QED) is 0.675. The van der Waals surface area contributed by atoms with Crippen LogP contribution in [0, 0.1) is 0 Å². The van der Waals surface area contributed by atoms with Crippen LogP contribution in [-0.4, -0.2) is 22.3 Å². The van der Waals surface area contributed by atoms with E-state index in [0.29, 0.717) is 5.69 Å². The fourth-order valence-corrected chi connectivity index (χ4v) is 2.36. The van der Waals surface area contributed by atoms with Crippen molar-refractivity contribution >= 4 is 10.9 Å². The maximum absolute atomic E-state index is 12.3. The summed E-state index contributed by atoms with van der Waals surface area (Å²) in [6.07, 6.45) is 0. The second-order valence-corrected chi connectivity index (χ2v) is 4.61. The van der Waals surface area contributed by atoms with Crippen molar-refractivity contribution in [1.29, 1.82) is 0 Å². The lowest BCUT2D eigenvalue weighted by atomic mass is 10.1. The highest BCUT2D eigenvalue weighted by Gasteiger charge is 2.16. The summed E-state index contributed by atoms with van der Waals surface area (Å²) >= 11 is 0. The van der Waals surface area contributed by atoms with Crippen molar-refractivity contribution in [1.82, 2.24) is 4.98 Å². The summed E-state index contributed by atoms with van der Waals surface area (Å²) in [6, 6.07) is 11.8. The molecular weight excluding hydrogens is 270 g/mol. The lowest BCUT2D eigenvalue weighted by Gasteiger charge is -2.11. The molecule has 0 fully saturated rings. The van der Waals surface area contributed by atoms with Crippen LogP contribution in [0.3, 0.4) is 0 Å². The van der Waals surface area contributed by atoms with Crippen LogP contribution in [0.15, 0.2) is 47.3 Å². The molecule has 0 unspecified atom stereocenters. The smallest absolute Gasteiger partial charge is 0.193 e. The number of fused-ring (bicyclic) bond motifs is 1. The van der Waals surface area contributed by atoms with Crippen molar-refractivity contribution in [2.45, 2.75) is 0 Å². The molecule has 0 aliphatic heterocycles. The zero-order chi connectivity index (χ0) is 15.0. The minimum absolute atomic E-state index is 0.0873. The molecule has 21 heavy (non-hydrogen) atoms. The molecule has 5 heteroatoms. The van der Waals surface area contributed by atoms with Gasteiger partial charge in [0.1, 0.15) is 11.3 Å². The molecule has 106 valence electrons. The van der Waals surface area contributed by atoms with E-state index in [0.717, 1.165) is 11.6 Å². The largest absolute Gasteiger partial charge is 0.507 e. The molecule has 0 saturated carbocycles. The third-order valence-electron chi connectivity index (χ3n) is 3.31. The van der Waals surface area contributed by atoms with Crippen LogP contribution in [0.4, 0.5) is 0 Å². The van der Waals surface area contributed by atoms with Crippen molar-refractivity contribution in [2.24, 2.45) is 0 Å². The van der Waals surface area contributed by atoms with Gasteiger partial charge in [-0.3, -0.25) is 4.79 Å². The lowest BCUT2D eigenvalue weighted by Crippen LogP contribution is -2.04. The summed E-state index contributed by atoms with van der Waals surface area (Å²) < 4.78 is 5.13. The van der Waals surface area contributed by atoms with Gasteiger partial charge >= 0.3 is 0 Å². The number of hydrogen-bond donors (Lipinski definition) is 3. The molecule has 0 aliphatic rings. The Bertz CT molecular complexity index is 869. The SMILES string of the molecule is COc1c(O)cc(O)c2c(=O)cc(-c3ccccc3)[nH]c12. The highest BCUT2D eigenvalue weighted by molar-refractivity contribution is 5.93. The van der Waals surface area contributed by atoms with Crippen molar-refractivity contribution in [3.8, 4) is 28.5 Å². The third kappa shape index (κ3) is 2.08. The van der Waals surface area contributed by atoms with E-state index in [9.17, 15) is 15.0 Å². The number of aromatic hydroxyl groups is 2. The zero-order valence-corrected chi connectivity index (χ0v) is 11.3. The van der Waals surface area contributed by atoms with Gasteiger partial charge in [0.05, 0.1) is 12.5 Å². The standard InChI is InChI=1S/C16H13NO4/c1-21-16-13(20)8-12(19)14-11(18)7-10(17-15(14)16)9-5-3-2-4-6-9/h2-8,19-20H,1H3,(H,17,18). The second kappa shape index (κ2) is 4.86. The topological polar surface area (TPSA) is 82.5 Å². The maximum Gasteiger partial charge on any atom is 0.193 e. The summed E-state index contributed by atoms with van der Waals surface area (Å²) in [4.78, 5) is 15.3. The maximum atomic E-state index is 12.3. The van der Waals surface area contributed by atoms with E-state index in [1.807, 2.05) is 30.3 Å². The summed E-state index contributed by atoms with van der Waals surface area (Å²) in [5.41, 5.74) is 1.32. The number of phenols is 2. The van der Waals surface area contributed by atoms with Gasteiger partial charge in [0.15, 0.2) is 16.9 Å². The molecule has 0 aliphatic carbocycles. The number of phenolic OH excluding ortho intramolecular Hbond substituents is 2. The van der Waals surface area contributed by atoms with Gasteiger partial charge in [-0.2, -0.15) is 0 Å². The molecule has 0 atom stereocenters. The Hall–Kier alpha value is -2.95. The number of hydrogen-bond acceptors (Lipinski definition) is 4. The van der Waals surface area contributed by atoms with Gasteiger partial charge in [-0.05, 0) is 5.56 Å². The number of rotatable bonds is 2. The molecule has 0 bridgehead atoms. The van der Waals surface area contributed by atoms with Gasteiger partial charge in [-0.25, -0.2) is 0 Å². The summed E-state index contributed by atoms with van der Waals surface area (Å²) in [7, 11) is 1.39. The van der Waals surface area contributed by atoms with E-state index in [1.54, 1.807) is 0 Å². The molecule has 0 amide bonds. The summed E-state index contributed by atoms with van der Waals surface area (Å²) in [5.74, 6) is -0.398. The molecule has 0 saturated heterocycles. The summed E-state index contributed by atoms with van der Waals surface area (Å²) in [6.45, 7) is 0. The summed E-state index contributed by atoms with van der Waals surface area (Å²) in [5, 5.41) is 19.8. The van der Waals surface area contributed by atoms with Gasteiger partial charge in [0.2, 0.25) is 0 Å². The normalized spacial score (nSPS) is 10.7. The van der Waals surface area contributed by atoms with E-state index >= 15 is 0 Å². The number of H-pyrrole nitrogens is 1. The van der Waals surface area contributed by atoms with Crippen LogP contribution in [0.2, 0.25) is 0 Å². The monoisotopic (exact) mass is 283 g/mol. The number of aromatic nitrogens is 1. The van der Waals surface area contributed by atoms with Crippen LogP contribution in [0.25, 0.3) is 22.2 Å². The fourth-order valence-electron chi connectivity index (χ4n) is 2.36. The number of aromatic amines is 1. The van der Waals surface area contributed by atoms with E-state index in [1.165, 1.54) is 13.2 Å². The Balaban J connectivity index is 2.41. The van der Waals surface area contributed by atoms with E-state index in [2.05, 4.69) is 4.98 Å². The molecule has 1 heterocycles. The predicted molar refractivity (Wildman–Crippen MR) is 79.9 cm³/mol. The zero-order valence-electron chi connectivity index (χ0n) is 11.3. The molecule has 3 rings (SSSR count). The first-order valence-electron chi connectivity index (χ1n) is 6.33. The van der Waals surface area contributed by atoms with Crippen LogP contribution in [0.5, 0.6) is 17.2 Å². The molecule has 3 aromatic rings. The molecular formula is C16H13NO4. The van der Waals surface area contributed by atoms with Crippen LogP contribution >= 0.6 is 0 Å². The minimum Gasteiger partial charge on any atom is -0.507 e. The second-order valence-electron chi connectivity index (χ2n) is 4.61. The molecule has 2 aromatic carbocycles. The van der Waals surface area contributed by atoms with Crippen molar-refractivity contribution in [3.05, 3.63) is 52.7 Å². The average Bonchev–Trinajstić information content (AvgIpc) is 2.47. The Labute approximate surface area is 120 Å². The Morgan fingerprint density at radius 3 is 2.43 bits per heavy atom. The van der Waals surface area contributed by atoms with Gasteiger partial charge < -0.3 is 19.9 Å². The van der Waals surface area contributed by atoms with Crippen LogP contribution < -0.4 is 10.2 Å². The van der Waals surface area contributed by atoms with Crippen molar-refractivity contribution in [2.75, 3.05) is 7.11 Å². The number of pyridine rings is 1. The Morgan fingerprint density at radius 2 is 1.76 bits per heavy atom. The Kier molecular flexibility index (Phi) is 3.02. The minimum atomic E-state index is -0.349. The van der Waals surface area contributed by atoms with E-state index in [4.69, 9.17) is 4.74 Å². The molecule has 0 spiro atoms. The first-order chi connectivity index (χ1) is 10.1. The van der Waals surface area contributed by atoms with Gasteiger partial charge in [-0.1, -0.05) is 30.3 Å². The van der Waals surface area contributed by atoms with Gasteiger partial charge in [0, 0.05) is 17.8 Å². The van der Waals surface area contributed by atoms with E-state index in [-0.39, 0.29) is 33.6 Å². The highest BCUT2D eigenvalue weighted by Crippen LogP contribution is 2.38. The molecule has 3 N–H and O–H groups in total. The van der Waals surface area contributed by atoms with Gasteiger partial charge in [-0.15, -0.1) is 0 Å². The number of nitrogens with one attached hydrogen (secondary N) is 1. The number of ether oxygens (including phenoxy) is 1. The van der Waals surface area contributed by atoms with Crippen molar-refractivity contribution < 1.29 is 14.9 Å². The van der Waals surface area contributed by atoms with Gasteiger partial charge in [0.25, 0.3) is 0 Å². The van der Waals surface area contributed by atoms with Crippen LogP contribution in [-0.2, 0) is 0 Å². The highest BCUT2D eigenvalue weighted by atomic mass is 16.5. The lowest BCUT2D eigenvalue weighted by molar-refractivity contribution is 0.374. The first-order valence-corrected chi connectivity index (χ1v) is 6.33. The van der Waals surface area contributed by atoms with E-state index < -0.39 is 0 Å². The van der Waals surface area contributed by atoms with Crippen molar-refractivity contribution in [3.63, 3.8) is 0 Å². The first kappa shape index (κ1) is 13.1. The predicted octanol–water partition coefficient (Wildman–Crippen LogP) is 2.61. The number of benzene rings is 2. The third-order valence-corrected chi connectivity index (χ3v) is 3.31. The number of methoxy groups -OCH3 is 1. The molecule has 0 radical (unpaired) electrons. The molecule has 1 aromatic heterocycles. The van der Waals surface area contributed by atoms with Crippen LogP contribution in [0.1, 0.15) is 0 Å². The fraction of sp³-hybridized carbons (Fsp3) is 0.0625.